The second kappa shape index (κ2) is 7.86. The van der Waals surface area contributed by atoms with E-state index in [4.69, 9.17) is 10.5 Å². The van der Waals surface area contributed by atoms with Crippen molar-refractivity contribution in [3.63, 3.8) is 0 Å². The van der Waals surface area contributed by atoms with Gasteiger partial charge in [-0.1, -0.05) is 36.4 Å². The second-order valence-electron chi connectivity index (χ2n) is 6.45. The van der Waals surface area contributed by atoms with Gasteiger partial charge in [-0.2, -0.15) is 5.10 Å². The van der Waals surface area contributed by atoms with Crippen LogP contribution in [0.3, 0.4) is 0 Å². The lowest BCUT2D eigenvalue weighted by Crippen LogP contribution is -2.11. The number of carbonyl (C=O) groups is 1. The minimum atomic E-state index is -0.322. The number of hydrogen-bond acceptors (Lipinski definition) is 5. The maximum absolute atomic E-state index is 12.0. The zero-order valence-electron chi connectivity index (χ0n) is 15.6. The molecule has 2 N–H and O–H groups in total. The quantitative estimate of drug-likeness (QED) is 0.551. The van der Waals surface area contributed by atoms with Crippen LogP contribution < -0.4 is 5.73 Å². The molecule has 0 bridgehead atoms. The molecule has 0 saturated heterocycles. The first-order chi connectivity index (χ1) is 12.9. The zero-order chi connectivity index (χ0) is 19.4. The zero-order valence-corrected chi connectivity index (χ0v) is 15.6. The third-order valence-electron chi connectivity index (χ3n) is 3.89. The Morgan fingerprint density at radius 2 is 1.89 bits per heavy atom. The fraction of sp³-hybridized carbons (Fsp3) is 0.190. The molecule has 0 spiro atoms. The van der Waals surface area contributed by atoms with Crippen LogP contribution in [0.25, 0.3) is 11.1 Å². The highest BCUT2D eigenvalue weighted by Crippen LogP contribution is 2.23. The summed E-state index contributed by atoms with van der Waals surface area (Å²) >= 11 is 0. The highest BCUT2D eigenvalue weighted by atomic mass is 16.5. The molecule has 0 atom stereocenters. The van der Waals surface area contributed by atoms with Gasteiger partial charge in [-0.3, -0.25) is 0 Å². The first kappa shape index (κ1) is 18.4. The summed E-state index contributed by atoms with van der Waals surface area (Å²) in [5, 5.41) is 4.39. The van der Waals surface area contributed by atoms with Crippen LogP contribution in [0, 0.1) is 6.92 Å². The predicted octanol–water partition coefficient (Wildman–Crippen LogP) is 3.89. The molecule has 6 nitrogen and oxygen atoms in total. The highest BCUT2D eigenvalue weighted by molar-refractivity contribution is 5.92. The van der Waals surface area contributed by atoms with Crippen LogP contribution in [0.2, 0.25) is 0 Å². The molecule has 0 saturated carbocycles. The number of aryl methyl sites for hydroxylation is 1. The highest BCUT2D eigenvalue weighted by Gasteiger charge is 2.10. The number of esters is 1. The molecule has 1 aromatic heterocycles. The van der Waals surface area contributed by atoms with Gasteiger partial charge in [0.2, 0.25) is 5.95 Å². The Balaban J connectivity index is 1.87. The maximum atomic E-state index is 12.0. The van der Waals surface area contributed by atoms with Crippen molar-refractivity contribution in [3.8, 4) is 11.1 Å². The van der Waals surface area contributed by atoms with Gasteiger partial charge in [0, 0.05) is 5.56 Å². The monoisotopic (exact) mass is 362 g/mol. The molecule has 3 aromatic rings. The van der Waals surface area contributed by atoms with Crippen LogP contribution in [-0.4, -0.2) is 27.9 Å². The van der Waals surface area contributed by atoms with Crippen molar-refractivity contribution in [2.24, 2.45) is 5.10 Å². The van der Waals surface area contributed by atoms with Crippen molar-refractivity contribution in [2.45, 2.75) is 26.9 Å². The van der Waals surface area contributed by atoms with Gasteiger partial charge in [0.1, 0.15) is 0 Å². The molecule has 3 rings (SSSR count). The Hall–Kier alpha value is -3.41. The standard InChI is InChI=1S/C21H22N4O2/c1-14(2)27-20(26)17-10-8-16(9-11-17)19-7-5-4-6-18(19)12-23-25-13-15(3)24-21(25)22/h4-14H,1-3H3,(H2,22,24). The lowest BCUT2D eigenvalue weighted by Gasteiger charge is -2.09. The molecule has 0 radical (unpaired) electrons. The average Bonchev–Trinajstić information content (AvgIpc) is 2.97. The van der Waals surface area contributed by atoms with E-state index in [9.17, 15) is 4.79 Å². The van der Waals surface area contributed by atoms with Gasteiger partial charge in [0.05, 0.1) is 29.8 Å². The Morgan fingerprint density at radius 3 is 2.52 bits per heavy atom. The number of nitrogens with zero attached hydrogens (tertiary/aromatic N) is 3. The molecule has 2 aromatic carbocycles. The van der Waals surface area contributed by atoms with Crippen LogP contribution in [0.15, 0.2) is 59.8 Å². The molecule has 0 fully saturated rings. The van der Waals surface area contributed by atoms with Gasteiger partial charge >= 0.3 is 5.97 Å². The van der Waals surface area contributed by atoms with E-state index in [1.54, 1.807) is 24.5 Å². The summed E-state index contributed by atoms with van der Waals surface area (Å²) in [7, 11) is 0. The summed E-state index contributed by atoms with van der Waals surface area (Å²) in [6, 6.07) is 15.2. The molecule has 0 amide bonds. The van der Waals surface area contributed by atoms with Crippen molar-refractivity contribution in [1.82, 2.24) is 9.66 Å². The SMILES string of the molecule is Cc1cn(N=Cc2ccccc2-c2ccc(C(=O)OC(C)C)cc2)c(N)n1. The molecule has 138 valence electrons. The van der Waals surface area contributed by atoms with Crippen LogP contribution in [-0.2, 0) is 4.74 Å². The molecular formula is C21H22N4O2. The van der Waals surface area contributed by atoms with Gasteiger partial charge in [-0.05, 0) is 44.0 Å². The number of hydrogen-bond donors (Lipinski definition) is 1. The smallest absolute Gasteiger partial charge is 0.338 e. The van der Waals surface area contributed by atoms with Crippen LogP contribution >= 0.6 is 0 Å². The van der Waals surface area contributed by atoms with Gasteiger partial charge in [0.25, 0.3) is 0 Å². The summed E-state index contributed by atoms with van der Waals surface area (Å²) in [6.07, 6.45) is 3.37. The Labute approximate surface area is 158 Å². The van der Waals surface area contributed by atoms with Crippen molar-refractivity contribution >= 4 is 18.1 Å². The van der Waals surface area contributed by atoms with E-state index in [-0.39, 0.29) is 12.1 Å². The minimum absolute atomic E-state index is 0.145. The van der Waals surface area contributed by atoms with Gasteiger partial charge in [-0.15, -0.1) is 0 Å². The molecule has 1 heterocycles. The maximum Gasteiger partial charge on any atom is 0.338 e. The number of rotatable bonds is 5. The number of carbonyl (C=O) groups excluding carboxylic acids is 1. The molecule has 27 heavy (non-hydrogen) atoms. The first-order valence-electron chi connectivity index (χ1n) is 8.70. The number of nitrogen functional groups attached to an aromatic ring is 1. The number of nitrogens with two attached hydrogens (primary N) is 1. The van der Waals surface area contributed by atoms with Crippen molar-refractivity contribution in [2.75, 3.05) is 5.73 Å². The van der Waals surface area contributed by atoms with Gasteiger partial charge < -0.3 is 10.5 Å². The lowest BCUT2D eigenvalue weighted by atomic mass is 9.99. The van der Waals surface area contributed by atoms with Crippen molar-refractivity contribution in [1.29, 1.82) is 0 Å². The molecule has 0 aliphatic heterocycles. The summed E-state index contributed by atoms with van der Waals surface area (Å²) < 4.78 is 6.76. The molecule has 6 heteroatoms. The Kier molecular flexibility index (Phi) is 5.35. The van der Waals surface area contributed by atoms with Crippen LogP contribution in [0.1, 0.15) is 35.5 Å². The minimum Gasteiger partial charge on any atom is -0.459 e. The van der Waals surface area contributed by atoms with Crippen LogP contribution in [0.4, 0.5) is 5.95 Å². The fourth-order valence-electron chi connectivity index (χ4n) is 2.66. The van der Waals surface area contributed by atoms with E-state index in [1.807, 2.05) is 57.2 Å². The third-order valence-corrected chi connectivity index (χ3v) is 3.89. The van der Waals surface area contributed by atoms with Gasteiger partial charge in [-0.25, -0.2) is 14.5 Å². The number of benzene rings is 2. The number of imidazole rings is 1. The van der Waals surface area contributed by atoms with E-state index < -0.39 is 0 Å². The van der Waals surface area contributed by atoms with Gasteiger partial charge in [0.15, 0.2) is 0 Å². The second-order valence-corrected chi connectivity index (χ2v) is 6.45. The molecular weight excluding hydrogens is 340 g/mol. The van der Waals surface area contributed by atoms with E-state index in [1.165, 1.54) is 4.68 Å². The first-order valence-corrected chi connectivity index (χ1v) is 8.70. The Morgan fingerprint density at radius 1 is 1.19 bits per heavy atom. The fourth-order valence-corrected chi connectivity index (χ4v) is 2.66. The van der Waals surface area contributed by atoms with E-state index in [0.717, 1.165) is 22.4 Å². The molecule has 0 unspecified atom stereocenters. The summed E-state index contributed by atoms with van der Waals surface area (Å²) in [5.74, 6) is 0.0200. The lowest BCUT2D eigenvalue weighted by molar-refractivity contribution is 0.0378. The normalized spacial score (nSPS) is 11.3. The number of ether oxygens (including phenoxy) is 1. The summed E-state index contributed by atoms with van der Waals surface area (Å²) in [4.78, 5) is 16.1. The molecule has 0 aliphatic carbocycles. The third kappa shape index (κ3) is 4.41. The van der Waals surface area contributed by atoms with Crippen molar-refractivity contribution < 1.29 is 9.53 Å². The summed E-state index contributed by atoms with van der Waals surface area (Å²) in [6.45, 7) is 5.52. The van der Waals surface area contributed by atoms with E-state index in [2.05, 4.69) is 10.1 Å². The van der Waals surface area contributed by atoms with E-state index >= 15 is 0 Å². The largest absolute Gasteiger partial charge is 0.459 e. The number of aromatic nitrogens is 2. The predicted molar refractivity (Wildman–Crippen MR) is 107 cm³/mol. The van der Waals surface area contributed by atoms with Crippen LogP contribution in [0.5, 0.6) is 0 Å². The molecule has 0 aliphatic rings. The van der Waals surface area contributed by atoms with E-state index in [0.29, 0.717) is 11.5 Å². The van der Waals surface area contributed by atoms with Crippen molar-refractivity contribution in [3.05, 3.63) is 71.5 Å². The number of anilines is 1. The topological polar surface area (TPSA) is 82.5 Å². The Bertz CT molecular complexity index is 972. The summed E-state index contributed by atoms with van der Waals surface area (Å²) in [5.41, 5.74) is 10.1. The average molecular weight is 362 g/mol.